The zero-order valence-corrected chi connectivity index (χ0v) is 9.42. The molecule has 1 aliphatic carbocycles. The Morgan fingerprint density at radius 3 is 2.80 bits per heavy atom. The summed E-state index contributed by atoms with van der Waals surface area (Å²) in [6.07, 6.45) is 3.70. The van der Waals surface area contributed by atoms with Crippen molar-refractivity contribution in [3.8, 4) is 0 Å². The minimum absolute atomic E-state index is 0.142. The Morgan fingerprint density at radius 1 is 1.53 bits per heavy atom. The number of ether oxygens (including phenoxy) is 1. The van der Waals surface area contributed by atoms with Crippen LogP contribution in [-0.2, 0) is 9.53 Å². The molecular formula is C11H21NO3. The highest BCUT2D eigenvalue weighted by molar-refractivity contribution is 5.69. The third-order valence-electron chi connectivity index (χ3n) is 2.91. The smallest absolute Gasteiger partial charge is 0.307 e. The van der Waals surface area contributed by atoms with Gasteiger partial charge in [-0.05, 0) is 31.6 Å². The van der Waals surface area contributed by atoms with E-state index in [1.165, 1.54) is 12.8 Å². The number of esters is 1. The fourth-order valence-electron chi connectivity index (χ4n) is 1.71. The van der Waals surface area contributed by atoms with Crippen LogP contribution in [-0.4, -0.2) is 37.4 Å². The second-order valence-electron chi connectivity index (χ2n) is 4.21. The molecule has 0 spiro atoms. The molecule has 0 aliphatic heterocycles. The van der Waals surface area contributed by atoms with E-state index in [0.717, 1.165) is 13.0 Å². The van der Waals surface area contributed by atoms with Gasteiger partial charge in [-0.2, -0.15) is 0 Å². The first-order chi connectivity index (χ1) is 7.22. The summed E-state index contributed by atoms with van der Waals surface area (Å²) in [6, 6.07) is 0. The highest BCUT2D eigenvalue weighted by atomic mass is 16.5. The van der Waals surface area contributed by atoms with Crippen molar-refractivity contribution in [2.24, 2.45) is 5.41 Å². The van der Waals surface area contributed by atoms with Crippen molar-refractivity contribution >= 4 is 5.97 Å². The van der Waals surface area contributed by atoms with E-state index in [-0.39, 0.29) is 12.6 Å². The first-order valence-electron chi connectivity index (χ1n) is 5.70. The number of nitrogens with one attached hydrogen (secondary N) is 1. The zero-order chi connectivity index (χ0) is 11.1. The molecule has 0 saturated heterocycles. The lowest BCUT2D eigenvalue weighted by Gasteiger charge is -2.14. The lowest BCUT2D eigenvalue weighted by atomic mass is 10.0. The monoisotopic (exact) mass is 215 g/mol. The quantitative estimate of drug-likeness (QED) is 0.462. The van der Waals surface area contributed by atoms with E-state index < -0.39 is 0 Å². The average Bonchev–Trinajstić information content (AvgIpc) is 2.95. The summed E-state index contributed by atoms with van der Waals surface area (Å²) in [6.45, 7) is 4.11. The largest absolute Gasteiger partial charge is 0.466 e. The Bertz CT molecular complexity index is 202. The number of hydrogen-bond acceptors (Lipinski definition) is 4. The number of carbonyl (C=O) groups excluding carboxylic acids is 1. The molecule has 0 bridgehead atoms. The van der Waals surface area contributed by atoms with Gasteiger partial charge in [0, 0.05) is 19.7 Å². The maximum atomic E-state index is 11.0. The third kappa shape index (κ3) is 4.62. The number of hydrogen-bond donors (Lipinski definition) is 2. The van der Waals surface area contributed by atoms with Gasteiger partial charge in [0.25, 0.3) is 0 Å². The van der Waals surface area contributed by atoms with E-state index >= 15 is 0 Å². The van der Waals surface area contributed by atoms with Crippen molar-refractivity contribution in [3.63, 3.8) is 0 Å². The normalized spacial score (nSPS) is 17.5. The predicted molar refractivity (Wildman–Crippen MR) is 57.5 cm³/mol. The molecule has 4 heteroatoms. The molecule has 0 heterocycles. The SMILES string of the molecule is CCOC(=O)CCNCC1(CCO)CC1. The van der Waals surface area contributed by atoms with Gasteiger partial charge in [0.15, 0.2) is 0 Å². The molecule has 88 valence electrons. The summed E-state index contributed by atoms with van der Waals surface area (Å²) in [7, 11) is 0. The topological polar surface area (TPSA) is 58.6 Å². The Labute approximate surface area is 91.0 Å². The van der Waals surface area contributed by atoms with Crippen molar-refractivity contribution < 1.29 is 14.6 Å². The number of carbonyl (C=O) groups is 1. The summed E-state index contributed by atoms with van der Waals surface area (Å²) in [4.78, 5) is 11.0. The number of aliphatic hydroxyl groups is 1. The zero-order valence-electron chi connectivity index (χ0n) is 9.42. The summed E-state index contributed by atoms with van der Waals surface area (Å²) >= 11 is 0. The molecule has 0 aromatic heterocycles. The van der Waals surface area contributed by atoms with Gasteiger partial charge in [-0.15, -0.1) is 0 Å². The molecule has 1 fully saturated rings. The molecule has 1 saturated carbocycles. The van der Waals surface area contributed by atoms with Gasteiger partial charge in [0.2, 0.25) is 0 Å². The lowest BCUT2D eigenvalue weighted by Crippen LogP contribution is -2.27. The van der Waals surface area contributed by atoms with Crippen LogP contribution in [0.5, 0.6) is 0 Å². The van der Waals surface area contributed by atoms with Crippen LogP contribution in [0.25, 0.3) is 0 Å². The van der Waals surface area contributed by atoms with Crippen molar-refractivity contribution in [1.82, 2.24) is 5.32 Å². The maximum absolute atomic E-state index is 11.0. The van der Waals surface area contributed by atoms with Crippen LogP contribution < -0.4 is 5.32 Å². The molecule has 0 atom stereocenters. The highest BCUT2D eigenvalue weighted by Gasteiger charge is 2.41. The van der Waals surface area contributed by atoms with Crippen molar-refractivity contribution in [3.05, 3.63) is 0 Å². The van der Waals surface area contributed by atoms with Gasteiger partial charge in [-0.25, -0.2) is 0 Å². The summed E-state index contributed by atoms with van der Waals surface area (Å²) in [5.74, 6) is -0.142. The van der Waals surface area contributed by atoms with Gasteiger partial charge in [0.05, 0.1) is 13.0 Å². The van der Waals surface area contributed by atoms with Gasteiger partial charge < -0.3 is 15.2 Å². The number of aliphatic hydroxyl groups excluding tert-OH is 1. The second-order valence-corrected chi connectivity index (χ2v) is 4.21. The van der Waals surface area contributed by atoms with Gasteiger partial charge in [-0.1, -0.05) is 0 Å². The third-order valence-corrected chi connectivity index (χ3v) is 2.91. The van der Waals surface area contributed by atoms with Crippen LogP contribution in [0.3, 0.4) is 0 Å². The van der Waals surface area contributed by atoms with Crippen LogP contribution in [0.1, 0.15) is 32.6 Å². The van der Waals surface area contributed by atoms with E-state index in [1.807, 2.05) is 6.92 Å². The molecule has 4 nitrogen and oxygen atoms in total. The highest BCUT2D eigenvalue weighted by Crippen LogP contribution is 2.47. The van der Waals surface area contributed by atoms with Crippen molar-refractivity contribution in [1.29, 1.82) is 0 Å². The molecule has 15 heavy (non-hydrogen) atoms. The molecule has 1 aliphatic rings. The minimum Gasteiger partial charge on any atom is -0.466 e. The molecule has 0 unspecified atom stereocenters. The predicted octanol–water partition coefficient (Wildman–Crippen LogP) is 0.692. The van der Waals surface area contributed by atoms with Crippen molar-refractivity contribution in [2.45, 2.75) is 32.6 Å². The first-order valence-corrected chi connectivity index (χ1v) is 5.70. The summed E-state index contributed by atoms with van der Waals surface area (Å²) in [5.41, 5.74) is 0.323. The van der Waals surface area contributed by atoms with Crippen LogP contribution in [0, 0.1) is 5.41 Å². The molecule has 0 amide bonds. The van der Waals surface area contributed by atoms with E-state index in [4.69, 9.17) is 9.84 Å². The molecule has 0 aromatic carbocycles. The molecular weight excluding hydrogens is 194 g/mol. The van der Waals surface area contributed by atoms with E-state index in [1.54, 1.807) is 0 Å². The lowest BCUT2D eigenvalue weighted by molar-refractivity contribution is -0.142. The summed E-state index contributed by atoms with van der Waals surface area (Å²) in [5, 5.41) is 12.1. The fourth-order valence-corrected chi connectivity index (χ4v) is 1.71. The Hall–Kier alpha value is -0.610. The molecule has 0 aromatic rings. The van der Waals surface area contributed by atoms with Crippen LogP contribution in [0.15, 0.2) is 0 Å². The van der Waals surface area contributed by atoms with E-state index in [2.05, 4.69) is 5.32 Å². The van der Waals surface area contributed by atoms with Crippen molar-refractivity contribution in [2.75, 3.05) is 26.3 Å². The Kier molecular flexibility index (Phi) is 5.05. The first kappa shape index (κ1) is 12.5. The van der Waals surface area contributed by atoms with Crippen LogP contribution >= 0.6 is 0 Å². The fraction of sp³-hybridized carbons (Fsp3) is 0.909. The van der Waals surface area contributed by atoms with Gasteiger partial charge in [-0.3, -0.25) is 4.79 Å². The summed E-state index contributed by atoms with van der Waals surface area (Å²) < 4.78 is 4.82. The van der Waals surface area contributed by atoms with E-state index in [0.29, 0.717) is 25.0 Å². The number of rotatable bonds is 8. The van der Waals surface area contributed by atoms with Gasteiger partial charge >= 0.3 is 5.97 Å². The molecule has 2 N–H and O–H groups in total. The molecule has 0 radical (unpaired) electrons. The standard InChI is InChI=1S/C11H21NO3/c1-2-15-10(14)3-7-12-9-11(4-5-11)6-8-13/h12-13H,2-9H2,1H3. The van der Waals surface area contributed by atoms with Crippen LogP contribution in [0.2, 0.25) is 0 Å². The van der Waals surface area contributed by atoms with E-state index in [9.17, 15) is 4.79 Å². The minimum atomic E-state index is -0.142. The van der Waals surface area contributed by atoms with Gasteiger partial charge in [0.1, 0.15) is 0 Å². The molecule has 1 rings (SSSR count). The average molecular weight is 215 g/mol. The second kappa shape index (κ2) is 6.08. The maximum Gasteiger partial charge on any atom is 0.307 e. The Morgan fingerprint density at radius 2 is 2.27 bits per heavy atom. The Balaban J connectivity index is 1.99. The van der Waals surface area contributed by atoms with Crippen LogP contribution in [0.4, 0.5) is 0 Å².